The van der Waals surface area contributed by atoms with Gasteiger partial charge in [0.15, 0.2) is 0 Å². The van der Waals surface area contributed by atoms with Crippen LogP contribution < -0.4 is 4.74 Å². The van der Waals surface area contributed by atoms with E-state index in [1.54, 1.807) is 19.4 Å². The first kappa shape index (κ1) is 14.5. The molecule has 0 aliphatic heterocycles. The van der Waals surface area contributed by atoms with E-state index in [1.807, 2.05) is 13.0 Å². The molecule has 1 aromatic rings. The molecule has 0 saturated carbocycles. The Balaban J connectivity index is 2.82. The number of methoxy groups -OCH3 is 1. The minimum atomic E-state index is -0.219. The van der Waals surface area contributed by atoms with Gasteiger partial charge in [-0.3, -0.25) is 4.79 Å². The molecule has 4 heteroatoms. The molecule has 1 unspecified atom stereocenters. The Morgan fingerprint density at radius 2 is 2.17 bits per heavy atom. The van der Waals surface area contributed by atoms with Crippen molar-refractivity contribution in [2.24, 2.45) is 0 Å². The van der Waals surface area contributed by atoms with Crippen LogP contribution in [0.4, 0.5) is 0 Å². The second kappa shape index (κ2) is 7.69. The largest absolute Gasteiger partial charge is 0.481 e. The van der Waals surface area contributed by atoms with Crippen LogP contribution in [0.5, 0.6) is 5.88 Å². The van der Waals surface area contributed by atoms with Crippen LogP contribution in [0, 0.1) is 0 Å². The Hall–Kier alpha value is -1.58. The summed E-state index contributed by atoms with van der Waals surface area (Å²) in [6.45, 7) is 4.33. The van der Waals surface area contributed by atoms with E-state index in [1.165, 1.54) is 0 Å². The maximum absolute atomic E-state index is 11.9. The Bertz CT molecular complexity index is 362. The standard InChI is InChI=1S/C14H21NO3/c1-4-6-7-12(14(16)18-5-2)11-8-9-13(17-3)15-10-11/h8-10,12H,4-7H2,1-3H3. The molecule has 0 fully saturated rings. The molecule has 0 spiro atoms. The first-order valence-corrected chi connectivity index (χ1v) is 6.39. The molecule has 0 aliphatic carbocycles. The predicted molar refractivity (Wildman–Crippen MR) is 69.7 cm³/mol. The summed E-state index contributed by atoms with van der Waals surface area (Å²) in [4.78, 5) is 16.1. The van der Waals surface area contributed by atoms with Crippen molar-refractivity contribution < 1.29 is 14.3 Å². The molecule has 0 aliphatic rings. The van der Waals surface area contributed by atoms with Gasteiger partial charge in [0.05, 0.1) is 19.6 Å². The van der Waals surface area contributed by atoms with Crippen LogP contribution in [0.25, 0.3) is 0 Å². The van der Waals surface area contributed by atoms with Crippen molar-refractivity contribution >= 4 is 5.97 Å². The number of carbonyl (C=O) groups excluding carboxylic acids is 1. The lowest BCUT2D eigenvalue weighted by Crippen LogP contribution is -2.16. The van der Waals surface area contributed by atoms with Gasteiger partial charge in [-0.15, -0.1) is 0 Å². The van der Waals surface area contributed by atoms with Crippen molar-refractivity contribution in [3.05, 3.63) is 23.9 Å². The van der Waals surface area contributed by atoms with E-state index in [2.05, 4.69) is 11.9 Å². The molecular weight excluding hydrogens is 230 g/mol. The molecule has 4 nitrogen and oxygen atoms in total. The molecule has 1 aromatic heterocycles. The summed E-state index contributed by atoms with van der Waals surface area (Å²) in [5.74, 6) is 0.165. The molecule has 0 amide bonds. The summed E-state index contributed by atoms with van der Waals surface area (Å²) in [5, 5.41) is 0. The average molecular weight is 251 g/mol. The molecule has 0 bridgehead atoms. The van der Waals surface area contributed by atoms with Gasteiger partial charge in [-0.2, -0.15) is 0 Å². The van der Waals surface area contributed by atoms with Gasteiger partial charge in [-0.25, -0.2) is 4.98 Å². The maximum atomic E-state index is 11.9. The lowest BCUT2D eigenvalue weighted by atomic mass is 9.95. The monoisotopic (exact) mass is 251 g/mol. The molecule has 0 aromatic carbocycles. The normalized spacial score (nSPS) is 11.9. The summed E-state index contributed by atoms with van der Waals surface area (Å²) in [6.07, 6.45) is 4.54. The molecule has 100 valence electrons. The van der Waals surface area contributed by atoms with Crippen LogP contribution in [0.15, 0.2) is 18.3 Å². The van der Waals surface area contributed by atoms with E-state index in [0.29, 0.717) is 12.5 Å². The minimum absolute atomic E-state index is 0.169. The highest BCUT2D eigenvalue weighted by molar-refractivity contribution is 5.78. The summed E-state index contributed by atoms with van der Waals surface area (Å²) in [6, 6.07) is 3.65. The highest BCUT2D eigenvalue weighted by atomic mass is 16.5. The number of esters is 1. The third-order valence-electron chi connectivity index (χ3n) is 2.79. The smallest absolute Gasteiger partial charge is 0.313 e. The third-order valence-corrected chi connectivity index (χ3v) is 2.79. The van der Waals surface area contributed by atoms with E-state index < -0.39 is 0 Å². The fraction of sp³-hybridized carbons (Fsp3) is 0.571. The summed E-state index contributed by atoms with van der Waals surface area (Å²) < 4.78 is 10.1. The van der Waals surface area contributed by atoms with Gasteiger partial charge < -0.3 is 9.47 Å². The predicted octanol–water partition coefficient (Wildman–Crippen LogP) is 2.93. The molecule has 0 saturated heterocycles. The number of aromatic nitrogens is 1. The van der Waals surface area contributed by atoms with Gasteiger partial charge in [-0.05, 0) is 18.9 Å². The van der Waals surface area contributed by atoms with Crippen LogP contribution in [-0.2, 0) is 9.53 Å². The average Bonchev–Trinajstić information content (AvgIpc) is 2.40. The number of nitrogens with zero attached hydrogens (tertiary/aromatic N) is 1. The van der Waals surface area contributed by atoms with E-state index in [9.17, 15) is 4.79 Å². The Labute approximate surface area is 108 Å². The number of carbonyl (C=O) groups is 1. The number of hydrogen-bond donors (Lipinski definition) is 0. The van der Waals surface area contributed by atoms with Crippen LogP contribution in [0.1, 0.15) is 44.6 Å². The molecular formula is C14H21NO3. The SMILES string of the molecule is CCCCC(C(=O)OCC)c1ccc(OC)nc1. The van der Waals surface area contributed by atoms with Gasteiger partial charge in [0.2, 0.25) is 5.88 Å². The highest BCUT2D eigenvalue weighted by Gasteiger charge is 2.21. The van der Waals surface area contributed by atoms with E-state index in [4.69, 9.17) is 9.47 Å². The Kier molecular flexibility index (Phi) is 6.19. The number of hydrogen-bond acceptors (Lipinski definition) is 4. The Morgan fingerprint density at radius 3 is 2.67 bits per heavy atom. The van der Waals surface area contributed by atoms with Gasteiger partial charge in [0, 0.05) is 12.3 Å². The third kappa shape index (κ3) is 4.02. The quantitative estimate of drug-likeness (QED) is 0.699. The van der Waals surface area contributed by atoms with Gasteiger partial charge in [0.1, 0.15) is 0 Å². The van der Waals surface area contributed by atoms with Crippen molar-refractivity contribution in [3.8, 4) is 5.88 Å². The molecule has 1 rings (SSSR count). The van der Waals surface area contributed by atoms with E-state index in [-0.39, 0.29) is 11.9 Å². The lowest BCUT2D eigenvalue weighted by molar-refractivity contribution is -0.145. The topological polar surface area (TPSA) is 48.4 Å². The number of ether oxygens (including phenoxy) is 2. The first-order valence-electron chi connectivity index (χ1n) is 6.39. The van der Waals surface area contributed by atoms with Gasteiger partial charge in [0.25, 0.3) is 0 Å². The number of unbranched alkanes of at least 4 members (excludes halogenated alkanes) is 1. The maximum Gasteiger partial charge on any atom is 0.313 e. The molecule has 1 atom stereocenters. The minimum Gasteiger partial charge on any atom is -0.481 e. The highest BCUT2D eigenvalue weighted by Crippen LogP contribution is 2.24. The van der Waals surface area contributed by atoms with Gasteiger partial charge >= 0.3 is 5.97 Å². The molecule has 0 N–H and O–H groups in total. The van der Waals surface area contributed by atoms with Crippen LogP contribution in [0.3, 0.4) is 0 Å². The molecule has 0 radical (unpaired) electrons. The van der Waals surface area contributed by atoms with E-state index >= 15 is 0 Å². The van der Waals surface area contributed by atoms with Crippen LogP contribution >= 0.6 is 0 Å². The lowest BCUT2D eigenvalue weighted by Gasteiger charge is -2.15. The fourth-order valence-corrected chi connectivity index (χ4v) is 1.79. The summed E-state index contributed by atoms with van der Waals surface area (Å²) in [5.41, 5.74) is 0.891. The zero-order valence-electron chi connectivity index (χ0n) is 11.3. The first-order chi connectivity index (χ1) is 8.72. The van der Waals surface area contributed by atoms with Crippen molar-refractivity contribution in [3.63, 3.8) is 0 Å². The van der Waals surface area contributed by atoms with Crippen LogP contribution in [-0.4, -0.2) is 24.7 Å². The number of pyridine rings is 1. The fourth-order valence-electron chi connectivity index (χ4n) is 1.79. The molecule has 1 heterocycles. The zero-order chi connectivity index (χ0) is 13.4. The van der Waals surface area contributed by atoms with Crippen molar-refractivity contribution in [1.29, 1.82) is 0 Å². The van der Waals surface area contributed by atoms with Gasteiger partial charge in [-0.1, -0.05) is 25.8 Å². The summed E-state index contributed by atoms with van der Waals surface area (Å²) >= 11 is 0. The Morgan fingerprint density at radius 1 is 1.39 bits per heavy atom. The van der Waals surface area contributed by atoms with Crippen molar-refractivity contribution in [1.82, 2.24) is 4.98 Å². The summed E-state index contributed by atoms with van der Waals surface area (Å²) in [7, 11) is 1.57. The zero-order valence-corrected chi connectivity index (χ0v) is 11.3. The number of rotatable bonds is 7. The van der Waals surface area contributed by atoms with Crippen molar-refractivity contribution in [2.45, 2.75) is 39.0 Å². The molecule has 18 heavy (non-hydrogen) atoms. The second-order valence-electron chi connectivity index (χ2n) is 4.08. The van der Waals surface area contributed by atoms with Crippen molar-refractivity contribution in [2.75, 3.05) is 13.7 Å². The second-order valence-corrected chi connectivity index (χ2v) is 4.08. The van der Waals surface area contributed by atoms with E-state index in [0.717, 1.165) is 24.8 Å². The van der Waals surface area contributed by atoms with Crippen LogP contribution in [0.2, 0.25) is 0 Å².